The van der Waals surface area contributed by atoms with Gasteiger partial charge in [0, 0.05) is 19.1 Å². The summed E-state index contributed by atoms with van der Waals surface area (Å²) in [4.78, 5) is 12.0. The number of para-hydroxylation sites is 1. The van der Waals surface area contributed by atoms with E-state index in [2.05, 4.69) is 15.6 Å². The third-order valence-corrected chi connectivity index (χ3v) is 3.32. The molecule has 1 aliphatic heterocycles. The predicted octanol–water partition coefficient (Wildman–Crippen LogP) is 1.03. The smallest absolute Gasteiger partial charge is 0.273 e. The van der Waals surface area contributed by atoms with E-state index < -0.39 is 0 Å². The molecule has 20 heavy (non-hydrogen) atoms. The van der Waals surface area contributed by atoms with Crippen molar-refractivity contribution >= 4 is 5.91 Å². The van der Waals surface area contributed by atoms with Crippen LogP contribution in [0.4, 0.5) is 0 Å². The van der Waals surface area contributed by atoms with Crippen molar-refractivity contribution in [1.29, 1.82) is 0 Å². The van der Waals surface area contributed by atoms with Crippen LogP contribution in [0.2, 0.25) is 0 Å². The molecule has 0 aliphatic carbocycles. The number of hydrogen-bond donors (Lipinski definition) is 1. The highest BCUT2D eigenvalue weighted by molar-refractivity contribution is 5.91. The topological polar surface area (TPSA) is 69.0 Å². The lowest BCUT2D eigenvalue weighted by atomic mass is 10.1. The summed E-state index contributed by atoms with van der Waals surface area (Å²) in [6, 6.07) is 9.57. The SMILES string of the molecule is O=C(NC[C@H]1CCOC1)c1cn(-c2ccccc2)nn1. The van der Waals surface area contributed by atoms with Gasteiger partial charge in [-0.3, -0.25) is 4.79 Å². The van der Waals surface area contributed by atoms with Gasteiger partial charge < -0.3 is 10.1 Å². The van der Waals surface area contributed by atoms with Crippen LogP contribution >= 0.6 is 0 Å². The minimum Gasteiger partial charge on any atom is -0.381 e. The number of ether oxygens (including phenoxy) is 1. The number of nitrogens with one attached hydrogen (secondary N) is 1. The van der Waals surface area contributed by atoms with Crippen LogP contribution in [0.15, 0.2) is 36.5 Å². The zero-order valence-electron chi connectivity index (χ0n) is 11.0. The number of carbonyl (C=O) groups is 1. The Hall–Kier alpha value is -2.21. The highest BCUT2D eigenvalue weighted by Crippen LogP contribution is 2.11. The largest absolute Gasteiger partial charge is 0.381 e. The van der Waals surface area contributed by atoms with E-state index in [1.54, 1.807) is 10.9 Å². The van der Waals surface area contributed by atoms with Crippen LogP contribution in [0, 0.1) is 5.92 Å². The number of aromatic nitrogens is 3. The Labute approximate surface area is 116 Å². The minimum atomic E-state index is -0.195. The first kappa shape index (κ1) is 12.8. The summed E-state index contributed by atoms with van der Waals surface area (Å²) in [6.07, 6.45) is 2.63. The van der Waals surface area contributed by atoms with Crippen molar-refractivity contribution in [3.05, 3.63) is 42.2 Å². The molecule has 1 aliphatic rings. The molecule has 0 radical (unpaired) electrons. The van der Waals surface area contributed by atoms with E-state index in [-0.39, 0.29) is 5.91 Å². The van der Waals surface area contributed by atoms with Gasteiger partial charge in [-0.15, -0.1) is 5.10 Å². The number of carbonyl (C=O) groups excluding carboxylic acids is 1. The summed E-state index contributed by atoms with van der Waals surface area (Å²) in [5, 5.41) is 10.7. The molecule has 104 valence electrons. The first-order chi connectivity index (χ1) is 9.83. The monoisotopic (exact) mass is 272 g/mol. The molecule has 3 rings (SSSR count). The van der Waals surface area contributed by atoms with Crippen LogP contribution in [0.1, 0.15) is 16.9 Å². The average Bonchev–Trinajstić information content (AvgIpc) is 3.17. The standard InChI is InChI=1S/C14H16N4O2/c19-14(15-8-11-6-7-20-10-11)13-9-18(17-16-13)12-4-2-1-3-5-12/h1-5,9,11H,6-8,10H2,(H,15,19)/t11-/m1/s1. The molecule has 1 amide bonds. The van der Waals surface area contributed by atoms with Crippen LogP contribution in [0.3, 0.4) is 0 Å². The van der Waals surface area contributed by atoms with Gasteiger partial charge in [0.25, 0.3) is 5.91 Å². The van der Waals surface area contributed by atoms with E-state index in [1.165, 1.54) is 0 Å². The van der Waals surface area contributed by atoms with Gasteiger partial charge in [0.2, 0.25) is 0 Å². The lowest BCUT2D eigenvalue weighted by Crippen LogP contribution is -2.29. The number of benzene rings is 1. The van der Waals surface area contributed by atoms with E-state index in [4.69, 9.17) is 4.74 Å². The van der Waals surface area contributed by atoms with E-state index in [9.17, 15) is 4.79 Å². The Balaban J connectivity index is 1.62. The van der Waals surface area contributed by atoms with Gasteiger partial charge in [0.05, 0.1) is 18.5 Å². The van der Waals surface area contributed by atoms with Crippen molar-refractivity contribution in [3.8, 4) is 5.69 Å². The van der Waals surface area contributed by atoms with Crippen LogP contribution < -0.4 is 5.32 Å². The molecule has 2 heterocycles. The molecule has 1 saturated heterocycles. The lowest BCUT2D eigenvalue weighted by Gasteiger charge is -2.07. The van der Waals surface area contributed by atoms with Gasteiger partial charge in [0.15, 0.2) is 5.69 Å². The fourth-order valence-corrected chi connectivity index (χ4v) is 2.15. The zero-order chi connectivity index (χ0) is 13.8. The molecule has 0 unspecified atom stereocenters. The molecular weight excluding hydrogens is 256 g/mol. The summed E-state index contributed by atoms with van der Waals surface area (Å²) in [7, 11) is 0. The average molecular weight is 272 g/mol. The first-order valence-electron chi connectivity index (χ1n) is 6.66. The normalized spacial score (nSPS) is 18.1. The Morgan fingerprint density at radius 2 is 2.25 bits per heavy atom. The van der Waals surface area contributed by atoms with Gasteiger partial charge >= 0.3 is 0 Å². The van der Waals surface area contributed by atoms with Crippen molar-refractivity contribution in [1.82, 2.24) is 20.3 Å². The summed E-state index contributed by atoms with van der Waals surface area (Å²) >= 11 is 0. The fourth-order valence-electron chi connectivity index (χ4n) is 2.15. The molecule has 1 fully saturated rings. The Morgan fingerprint density at radius 3 is 3.00 bits per heavy atom. The summed E-state index contributed by atoms with van der Waals surface area (Å²) in [5.41, 5.74) is 1.20. The molecule has 6 nitrogen and oxygen atoms in total. The van der Waals surface area contributed by atoms with E-state index in [1.807, 2.05) is 30.3 Å². The molecule has 1 atom stereocenters. The second-order valence-electron chi connectivity index (χ2n) is 4.82. The second kappa shape index (κ2) is 5.83. The van der Waals surface area contributed by atoms with Crippen molar-refractivity contribution < 1.29 is 9.53 Å². The third kappa shape index (κ3) is 2.85. The third-order valence-electron chi connectivity index (χ3n) is 3.32. The summed E-state index contributed by atoms with van der Waals surface area (Å²) in [5.74, 6) is 0.210. The zero-order valence-corrected chi connectivity index (χ0v) is 11.0. The maximum absolute atomic E-state index is 12.0. The van der Waals surface area contributed by atoms with Crippen LogP contribution in [-0.4, -0.2) is 40.7 Å². The molecule has 6 heteroatoms. The maximum atomic E-state index is 12.0. The summed E-state index contributed by atoms with van der Waals surface area (Å²) < 4.78 is 6.86. The van der Waals surface area contributed by atoms with Gasteiger partial charge in [-0.1, -0.05) is 23.4 Å². The number of amides is 1. The van der Waals surface area contributed by atoms with E-state index in [0.29, 0.717) is 18.2 Å². The molecule has 0 spiro atoms. The molecule has 0 saturated carbocycles. The van der Waals surface area contributed by atoms with Crippen LogP contribution in [-0.2, 0) is 4.74 Å². The lowest BCUT2D eigenvalue weighted by molar-refractivity contribution is 0.0940. The van der Waals surface area contributed by atoms with Crippen LogP contribution in [0.25, 0.3) is 5.69 Å². The van der Waals surface area contributed by atoms with E-state index >= 15 is 0 Å². The molecule has 1 aromatic carbocycles. The predicted molar refractivity (Wildman–Crippen MR) is 72.6 cm³/mol. The highest BCUT2D eigenvalue weighted by Gasteiger charge is 2.18. The fraction of sp³-hybridized carbons (Fsp3) is 0.357. The summed E-state index contributed by atoms with van der Waals surface area (Å²) in [6.45, 7) is 2.12. The molecule has 2 aromatic rings. The Morgan fingerprint density at radius 1 is 1.40 bits per heavy atom. The van der Waals surface area contributed by atoms with Gasteiger partial charge in [-0.05, 0) is 18.6 Å². The Bertz CT molecular complexity index is 576. The van der Waals surface area contributed by atoms with Crippen molar-refractivity contribution in [2.75, 3.05) is 19.8 Å². The first-order valence-corrected chi connectivity index (χ1v) is 6.66. The van der Waals surface area contributed by atoms with Gasteiger partial charge in [0.1, 0.15) is 0 Å². The molecular formula is C14H16N4O2. The van der Waals surface area contributed by atoms with Crippen molar-refractivity contribution in [2.45, 2.75) is 6.42 Å². The number of rotatable bonds is 4. The van der Waals surface area contributed by atoms with Gasteiger partial charge in [-0.25, -0.2) is 4.68 Å². The second-order valence-corrected chi connectivity index (χ2v) is 4.82. The van der Waals surface area contributed by atoms with Crippen molar-refractivity contribution in [3.63, 3.8) is 0 Å². The highest BCUT2D eigenvalue weighted by atomic mass is 16.5. The van der Waals surface area contributed by atoms with E-state index in [0.717, 1.165) is 25.3 Å². The van der Waals surface area contributed by atoms with Crippen molar-refractivity contribution in [2.24, 2.45) is 5.92 Å². The Kier molecular flexibility index (Phi) is 3.73. The molecule has 0 bridgehead atoms. The number of hydrogen-bond acceptors (Lipinski definition) is 4. The molecule has 1 aromatic heterocycles. The minimum absolute atomic E-state index is 0.195. The van der Waals surface area contributed by atoms with Gasteiger partial charge in [-0.2, -0.15) is 0 Å². The van der Waals surface area contributed by atoms with Crippen LogP contribution in [0.5, 0.6) is 0 Å². The molecule has 1 N–H and O–H groups in total. The maximum Gasteiger partial charge on any atom is 0.273 e. The quantitative estimate of drug-likeness (QED) is 0.902. The number of nitrogens with zero attached hydrogens (tertiary/aromatic N) is 3.